The first-order chi connectivity index (χ1) is 55.1. The van der Waals surface area contributed by atoms with Crippen molar-refractivity contribution < 1.29 is 57.2 Å². The van der Waals surface area contributed by atoms with Gasteiger partial charge in [0, 0.05) is 58.2 Å². The van der Waals surface area contributed by atoms with E-state index in [2.05, 4.69) is 197 Å². The van der Waals surface area contributed by atoms with Crippen LogP contribution in [0.4, 0.5) is 0 Å². The standard InChI is InChI=1S/C102H117N3O12/c1-97(2,3)73-49-61-43-67-55-76(100(10,11)12)57-69(88(67)115-40-28-37-103-91(106)79-31-22-23-32-80(79)92(103)107)45-63-51-74(98(4,5)6)53-65(86(63)113-20)47-71-59-78(102(16,17)18)60-72(90(71)117-42-30-39-105-95(110)83-35-26-27-36-84(83)96(105)111)48-66-54-75(99(7,8)9)52-64(87(66)114-21)46-70-58-77(101(13,14)15)56-68(44-62(50-73)85(61)112-19)89(70)116-41-29-38-104-93(108)81-33-24-25-34-82(81)94(104)109/h22-27,31-36,49-60H,28-30,37-48H2,1-21H3. The fourth-order valence-corrected chi connectivity index (χ4v) is 16.8. The molecule has 0 fully saturated rings. The maximum Gasteiger partial charge on any atom is 0.261 e. The monoisotopic (exact) mass is 1580 g/mol. The number of methoxy groups -OCH3 is 3. The Morgan fingerprint density at radius 3 is 0.521 bits per heavy atom. The average molecular weight is 1580 g/mol. The first-order valence-corrected chi connectivity index (χ1v) is 41.5. The highest BCUT2D eigenvalue weighted by atomic mass is 16.5. The van der Waals surface area contributed by atoms with E-state index in [4.69, 9.17) is 28.4 Å². The van der Waals surface area contributed by atoms with E-state index in [1.165, 1.54) is 14.7 Å². The van der Waals surface area contributed by atoms with Crippen LogP contribution in [0.25, 0.3) is 0 Å². The summed E-state index contributed by atoms with van der Waals surface area (Å²) in [5.74, 6) is 2.29. The Bertz CT molecular complexity index is 4640. The van der Waals surface area contributed by atoms with Crippen molar-refractivity contribution >= 4 is 35.4 Å². The number of rotatable bonds is 18. The van der Waals surface area contributed by atoms with Gasteiger partial charge < -0.3 is 28.4 Å². The number of fused-ring (bicyclic) bond motifs is 15. The summed E-state index contributed by atoms with van der Waals surface area (Å²) in [6, 6.07) is 48.4. The van der Waals surface area contributed by atoms with Crippen LogP contribution in [0.3, 0.4) is 0 Å². The van der Waals surface area contributed by atoms with Crippen molar-refractivity contribution in [2.45, 2.75) is 215 Å². The van der Waals surface area contributed by atoms with E-state index in [0.717, 1.165) is 100 Å². The van der Waals surface area contributed by atoms with Gasteiger partial charge in [0.1, 0.15) is 34.5 Å². The second-order valence-electron chi connectivity index (χ2n) is 38.4. The van der Waals surface area contributed by atoms with E-state index < -0.39 is 0 Å². The lowest BCUT2D eigenvalue weighted by molar-refractivity contribution is 0.0630. The summed E-state index contributed by atoms with van der Waals surface area (Å²) in [5, 5.41) is 0. The highest BCUT2D eigenvalue weighted by Crippen LogP contribution is 2.47. The zero-order valence-corrected chi connectivity index (χ0v) is 72.7. The summed E-state index contributed by atoms with van der Waals surface area (Å²) < 4.78 is 42.8. The minimum atomic E-state index is -0.368. The van der Waals surface area contributed by atoms with Crippen LogP contribution >= 0.6 is 0 Å². The first-order valence-electron chi connectivity index (χ1n) is 41.5. The number of carbonyl (C=O) groups excluding carboxylic acids is 6. The Labute approximate surface area is 692 Å². The number of hydrogen-bond acceptors (Lipinski definition) is 12. The fraction of sp³-hybridized carbons (Fsp3) is 0.412. The Kier molecular flexibility index (Phi) is 23.4. The third-order valence-electron chi connectivity index (χ3n) is 23.5. The lowest BCUT2D eigenvalue weighted by Gasteiger charge is -2.29. The summed E-state index contributed by atoms with van der Waals surface area (Å²) in [7, 11) is 5.26. The molecule has 0 N–H and O–H groups in total. The van der Waals surface area contributed by atoms with Gasteiger partial charge in [0.2, 0.25) is 0 Å². The van der Waals surface area contributed by atoms with Crippen LogP contribution in [0, 0.1) is 0 Å². The quantitative estimate of drug-likeness (QED) is 0.0590. The van der Waals surface area contributed by atoms with Crippen molar-refractivity contribution in [3.05, 3.63) is 279 Å². The van der Waals surface area contributed by atoms with E-state index in [1.54, 1.807) is 94.1 Å². The van der Waals surface area contributed by atoms with Crippen molar-refractivity contribution in [2.24, 2.45) is 0 Å². The molecular formula is C102H117N3O12. The van der Waals surface area contributed by atoms with E-state index in [9.17, 15) is 28.8 Å². The van der Waals surface area contributed by atoms with Gasteiger partial charge in [-0.25, -0.2) is 0 Å². The average Bonchev–Trinajstić information content (AvgIpc) is 1.32. The van der Waals surface area contributed by atoms with Gasteiger partial charge in [-0.05, 0) is 188 Å². The van der Waals surface area contributed by atoms with Crippen molar-refractivity contribution in [1.29, 1.82) is 0 Å². The van der Waals surface area contributed by atoms with Gasteiger partial charge in [0.25, 0.3) is 35.4 Å². The summed E-state index contributed by atoms with van der Waals surface area (Å²) in [4.78, 5) is 87.7. The maximum atomic E-state index is 13.9. The van der Waals surface area contributed by atoms with Crippen LogP contribution in [0.1, 0.15) is 306 Å². The highest BCUT2D eigenvalue weighted by Gasteiger charge is 2.39. The molecule has 13 rings (SSSR count). The molecule has 12 bridgehead atoms. The van der Waals surface area contributed by atoms with Crippen LogP contribution in [0.2, 0.25) is 0 Å². The van der Waals surface area contributed by atoms with Gasteiger partial charge in [-0.1, -0.05) is 234 Å². The summed E-state index contributed by atoms with van der Waals surface area (Å²) in [6.07, 6.45) is 3.33. The number of hydrogen-bond donors (Lipinski definition) is 0. The summed E-state index contributed by atoms with van der Waals surface area (Å²) in [6.45, 7) is 41.2. The molecule has 15 heteroatoms. The molecule has 0 saturated carbocycles. The molecule has 9 aromatic carbocycles. The zero-order chi connectivity index (χ0) is 84.3. The van der Waals surface area contributed by atoms with Crippen LogP contribution < -0.4 is 28.4 Å². The normalized spacial score (nSPS) is 14.7. The molecule has 0 saturated heterocycles. The Morgan fingerprint density at radius 1 is 0.239 bits per heavy atom. The third-order valence-corrected chi connectivity index (χ3v) is 23.5. The first kappa shape index (κ1) is 84.1. The van der Waals surface area contributed by atoms with Gasteiger partial charge >= 0.3 is 0 Å². The molecular weight excluding hydrogens is 1460 g/mol. The number of amides is 6. The topological polar surface area (TPSA) is 168 Å². The number of benzene rings is 9. The van der Waals surface area contributed by atoms with Crippen LogP contribution in [0.15, 0.2) is 146 Å². The number of ether oxygens (including phenoxy) is 6. The van der Waals surface area contributed by atoms with E-state index >= 15 is 0 Å². The van der Waals surface area contributed by atoms with E-state index in [-0.39, 0.29) is 107 Å². The number of imide groups is 3. The van der Waals surface area contributed by atoms with Crippen molar-refractivity contribution in [2.75, 3.05) is 60.8 Å². The van der Waals surface area contributed by atoms with E-state index in [1.807, 2.05) is 0 Å². The maximum absolute atomic E-state index is 13.9. The third kappa shape index (κ3) is 17.5. The second-order valence-corrected chi connectivity index (χ2v) is 38.4. The molecule has 0 aromatic heterocycles. The Balaban J connectivity index is 1.05. The molecule has 0 atom stereocenters. The predicted octanol–water partition coefficient (Wildman–Crippen LogP) is 20.6. The number of nitrogens with zero attached hydrogens (tertiary/aromatic N) is 3. The fourth-order valence-electron chi connectivity index (χ4n) is 16.8. The molecule has 6 amide bonds. The molecule has 0 unspecified atom stereocenters. The van der Waals surface area contributed by atoms with E-state index in [0.29, 0.717) is 126 Å². The van der Waals surface area contributed by atoms with Crippen LogP contribution in [-0.2, 0) is 71.0 Å². The van der Waals surface area contributed by atoms with Gasteiger partial charge in [-0.3, -0.25) is 43.5 Å². The molecule has 3 heterocycles. The molecule has 9 aromatic rings. The van der Waals surface area contributed by atoms with Crippen LogP contribution in [-0.4, -0.2) is 111 Å². The molecule has 117 heavy (non-hydrogen) atoms. The molecule has 15 nitrogen and oxygen atoms in total. The van der Waals surface area contributed by atoms with Crippen LogP contribution in [0.5, 0.6) is 34.5 Å². The SMILES string of the molecule is COc1c2cc(C(C)(C)C)cc1Cc1cc(C(C)(C)C)cc(c1OCCCN1C(=O)c3ccccc3C1=O)Cc1cc(C(C)(C)C)cc(c1OC)Cc1cc(C(C)(C)C)cc(c1OCCCN1C(=O)c3ccccc3C1=O)Cc1cc(C(C)(C)C)cc(c1OC)Cc1cc(C(C)(C)C)cc(c1OCCCN1C(=O)c3ccccc3C1=O)C2. The lowest BCUT2D eigenvalue weighted by atomic mass is 9.79. The second kappa shape index (κ2) is 32.6. The molecule has 612 valence electrons. The van der Waals surface area contributed by atoms with Gasteiger partial charge in [-0.2, -0.15) is 0 Å². The lowest BCUT2D eigenvalue weighted by Crippen LogP contribution is -2.31. The summed E-state index contributed by atoms with van der Waals surface area (Å²) in [5.41, 5.74) is 18.0. The number of carbonyl (C=O) groups is 6. The minimum Gasteiger partial charge on any atom is -0.496 e. The van der Waals surface area contributed by atoms with Crippen molar-refractivity contribution in [1.82, 2.24) is 14.7 Å². The minimum absolute atomic E-state index is 0.150. The van der Waals surface area contributed by atoms with Crippen molar-refractivity contribution in [3.63, 3.8) is 0 Å². The Morgan fingerprint density at radius 2 is 0.385 bits per heavy atom. The largest absolute Gasteiger partial charge is 0.496 e. The van der Waals surface area contributed by atoms with Gasteiger partial charge in [-0.15, -0.1) is 0 Å². The molecule has 1 aliphatic carbocycles. The van der Waals surface area contributed by atoms with Gasteiger partial charge in [0.15, 0.2) is 0 Å². The summed E-state index contributed by atoms with van der Waals surface area (Å²) >= 11 is 0. The van der Waals surface area contributed by atoms with Gasteiger partial charge in [0.05, 0.1) is 74.5 Å². The molecule has 0 radical (unpaired) electrons. The zero-order valence-electron chi connectivity index (χ0n) is 72.7. The Hall–Kier alpha value is -10.8. The smallest absolute Gasteiger partial charge is 0.261 e. The predicted molar refractivity (Wildman–Crippen MR) is 463 cm³/mol. The molecule has 3 aliphatic heterocycles. The highest BCUT2D eigenvalue weighted by molar-refractivity contribution is 6.22. The van der Waals surface area contributed by atoms with Crippen molar-refractivity contribution in [3.8, 4) is 34.5 Å². The molecule has 4 aliphatic rings. The molecule has 0 spiro atoms.